The van der Waals surface area contributed by atoms with Crippen LogP contribution in [0.25, 0.3) is 0 Å². The Morgan fingerprint density at radius 1 is 1.00 bits per heavy atom. The zero-order valence-electron chi connectivity index (χ0n) is 19.6. The maximum absolute atomic E-state index is 6.23. The number of piperidine rings is 1. The van der Waals surface area contributed by atoms with Crippen molar-refractivity contribution in [2.75, 3.05) is 26.2 Å². The molecule has 0 bridgehead atoms. The second-order valence-corrected chi connectivity index (χ2v) is 11.0. The maximum atomic E-state index is 6.23. The Bertz CT molecular complexity index is 589. The van der Waals surface area contributed by atoms with Crippen LogP contribution in [0, 0.1) is 23.7 Å². The summed E-state index contributed by atoms with van der Waals surface area (Å²) in [5.74, 6) is 3.10. The number of nitrogens with zero attached hydrogens (tertiary/aromatic N) is 1. The van der Waals surface area contributed by atoms with Crippen LogP contribution in [0.15, 0.2) is 23.9 Å². The summed E-state index contributed by atoms with van der Waals surface area (Å²) in [6.07, 6.45) is 17.9. The van der Waals surface area contributed by atoms with Crippen LogP contribution in [0.3, 0.4) is 0 Å². The molecule has 5 nitrogen and oxygen atoms in total. The highest BCUT2D eigenvalue weighted by molar-refractivity contribution is 6.21. The molecule has 0 radical (unpaired) electrons. The number of fused-ring (bicyclic) bond motifs is 1. The van der Waals surface area contributed by atoms with Gasteiger partial charge < -0.3 is 26.5 Å². The van der Waals surface area contributed by atoms with Gasteiger partial charge in [-0.3, -0.25) is 0 Å². The van der Waals surface area contributed by atoms with Crippen molar-refractivity contribution in [3.63, 3.8) is 0 Å². The molecule has 0 aromatic heterocycles. The van der Waals surface area contributed by atoms with E-state index in [0.717, 1.165) is 36.8 Å². The average molecular weight is 456 g/mol. The molecule has 4 rings (SSSR count). The molecule has 2 aliphatic heterocycles. The maximum Gasteiger partial charge on any atom is 0.0516 e. The van der Waals surface area contributed by atoms with Gasteiger partial charge in [0.1, 0.15) is 0 Å². The zero-order chi connectivity index (χ0) is 20.2. The van der Waals surface area contributed by atoms with Crippen molar-refractivity contribution in [2.24, 2.45) is 23.7 Å². The minimum absolute atomic E-state index is 0. The first-order valence-corrected chi connectivity index (χ1v) is 12.8. The lowest BCUT2D eigenvalue weighted by Gasteiger charge is -2.38. The molecule has 4 unspecified atom stereocenters. The lowest BCUT2D eigenvalue weighted by Crippen LogP contribution is -2.48. The SMILES string of the molecule is CC(C)[C@H](CN1CCC(C2C=CC(Cl)CC2)CC1)NCC1=CC2CCCCC2N1.O.O. The van der Waals surface area contributed by atoms with E-state index in [1.54, 1.807) is 0 Å². The van der Waals surface area contributed by atoms with Crippen molar-refractivity contribution in [3.8, 4) is 0 Å². The van der Waals surface area contributed by atoms with Crippen molar-refractivity contribution in [2.45, 2.75) is 82.7 Å². The first kappa shape index (κ1) is 26.7. The van der Waals surface area contributed by atoms with Gasteiger partial charge in [0.2, 0.25) is 0 Å². The van der Waals surface area contributed by atoms with E-state index in [1.807, 2.05) is 0 Å². The topological polar surface area (TPSA) is 90.3 Å². The molecule has 6 N–H and O–H groups in total. The summed E-state index contributed by atoms with van der Waals surface area (Å²) in [5, 5.41) is 7.98. The molecule has 2 heterocycles. The Kier molecular flexibility index (Phi) is 10.8. The summed E-state index contributed by atoms with van der Waals surface area (Å²) in [4.78, 5) is 2.71. The van der Waals surface area contributed by atoms with E-state index >= 15 is 0 Å². The third-order valence-corrected chi connectivity index (χ3v) is 8.36. The molecule has 6 heteroatoms. The summed E-state index contributed by atoms with van der Waals surface area (Å²) in [6.45, 7) is 9.46. The fourth-order valence-electron chi connectivity index (χ4n) is 5.99. The lowest BCUT2D eigenvalue weighted by molar-refractivity contribution is 0.136. The smallest absolute Gasteiger partial charge is 0.0516 e. The number of allylic oxidation sites excluding steroid dienone is 2. The van der Waals surface area contributed by atoms with Gasteiger partial charge in [0.15, 0.2) is 0 Å². The van der Waals surface area contributed by atoms with Crippen LogP contribution in [-0.4, -0.2) is 59.5 Å². The summed E-state index contributed by atoms with van der Waals surface area (Å²) in [6, 6.07) is 1.29. The zero-order valence-corrected chi connectivity index (χ0v) is 20.3. The fourth-order valence-corrected chi connectivity index (χ4v) is 6.20. The quantitative estimate of drug-likeness (QED) is 0.455. The highest BCUT2D eigenvalue weighted by Gasteiger charge is 2.30. The summed E-state index contributed by atoms with van der Waals surface area (Å²) in [5.41, 5.74) is 1.45. The van der Waals surface area contributed by atoms with Crippen LogP contribution >= 0.6 is 11.6 Å². The Balaban J connectivity index is 0.00000171. The van der Waals surface area contributed by atoms with Gasteiger partial charge in [0, 0.05) is 30.9 Å². The predicted octanol–water partition coefficient (Wildman–Crippen LogP) is 3.28. The van der Waals surface area contributed by atoms with Gasteiger partial charge >= 0.3 is 0 Å². The molecule has 1 saturated heterocycles. The van der Waals surface area contributed by atoms with Crippen LogP contribution in [0.2, 0.25) is 0 Å². The van der Waals surface area contributed by atoms with E-state index < -0.39 is 0 Å². The number of nitrogens with one attached hydrogen (secondary N) is 2. The molecule has 0 aromatic rings. The van der Waals surface area contributed by atoms with Crippen LogP contribution in [0.5, 0.6) is 0 Å². The highest BCUT2D eigenvalue weighted by Crippen LogP contribution is 2.34. The van der Waals surface area contributed by atoms with Crippen molar-refractivity contribution in [3.05, 3.63) is 23.9 Å². The predicted molar refractivity (Wildman–Crippen MR) is 131 cm³/mol. The first-order chi connectivity index (χ1) is 14.1. The van der Waals surface area contributed by atoms with E-state index in [1.165, 1.54) is 70.3 Å². The molecule has 4 aliphatic rings. The molecule has 0 spiro atoms. The van der Waals surface area contributed by atoms with Crippen LogP contribution in [0.4, 0.5) is 0 Å². The van der Waals surface area contributed by atoms with Gasteiger partial charge in [-0.15, -0.1) is 11.6 Å². The highest BCUT2D eigenvalue weighted by atomic mass is 35.5. The molecule has 2 aliphatic carbocycles. The summed E-state index contributed by atoms with van der Waals surface area (Å²) < 4.78 is 0. The molecule has 180 valence electrons. The Hall–Kier alpha value is -0.590. The van der Waals surface area contributed by atoms with Gasteiger partial charge in [-0.1, -0.05) is 44.9 Å². The van der Waals surface area contributed by atoms with E-state index in [2.05, 4.69) is 47.6 Å². The normalized spacial score (nSPS) is 32.5. The van der Waals surface area contributed by atoms with Crippen molar-refractivity contribution < 1.29 is 11.0 Å². The molecule has 2 fully saturated rings. The van der Waals surface area contributed by atoms with E-state index in [0.29, 0.717) is 12.0 Å². The largest absolute Gasteiger partial charge is 0.412 e. The molecule has 0 amide bonds. The van der Waals surface area contributed by atoms with Gasteiger partial charge in [0.25, 0.3) is 0 Å². The number of hydrogen-bond donors (Lipinski definition) is 2. The molecule has 31 heavy (non-hydrogen) atoms. The van der Waals surface area contributed by atoms with Gasteiger partial charge in [0.05, 0.1) is 5.38 Å². The monoisotopic (exact) mass is 455 g/mol. The number of alkyl halides is 1. The summed E-state index contributed by atoms with van der Waals surface area (Å²) >= 11 is 6.23. The van der Waals surface area contributed by atoms with Crippen molar-refractivity contribution >= 4 is 11.6 Å². The van der Waals surface area contributed by atoms with Crippen LogP contribution in [0.1, 0.15) is 65.2 Å². The van der Waals surface area contributed by atoms with Crippen molar-refractivity contribution in [1.29, 1.82) is 0 Å². The lowest BCUT2D eigenvalue weighted by atomic mass is 9.79. The third-order valence-electron chi connectivity index (χ3n) is 8.00. The van der Waals surface area contributed by atoms with E-state index in [4.69, 9.17) is 11.6 Å². The fraction of sp³-hybridized carbons (Fsp3) is 0.840. The summed E-state index contributed by atoms with van der Waals surface area (Å²) in [7, 11) is 0. The third kappa shape index (κ3) is 7.20. The molecule has 0 aromatic carbocycles. The first-order valence-electron chi connectivity index (χ1n) is 12.3. The molecule has 5 atom stereocenters. The van der Waals surface area contributed by atoms with Crippen LogP contribution in [-0.2, 0) is 0 Å². The number of halogens is 1. The molecular weight excluding hydrogens is 410 g/mol. The van der Waals surface area contributed by atoms with Gasteiger partial charge in [-0.05, 0) is 75.3 Å². The average Bonchev–Trinajstić information content (AvgIpc) is 3.15. The molecule has 1 saturated carbocycles. The van der Waals surface area contributed by atoms with E-state index in [9.17, 15) is 0 Å². The second-order valence-electron chi connectivity index (χ2n) is 10.4. The number of hydrogen-bond acceptors (Lipinski definition) is 3. The number of rotatable bonds is 7. The Labute approximate surface area is 194 Å². The van der Waals surface area contributed by atoms with Gasteiger partial charge in [-0.25, -0.2) is 0 Å². The van der Waals surface area contributed by atoms with Crippen LogP contribution < -0.4 is 10.6 Å². The minimum atomic E-state index is 0. The molecular formula is C25H46ClN3O2. The standard InChI is InChI=1S/C25H42ClN3.2H2O/c1-18(2)25(27-16-23-15-21-5-3-4-6-24(21)28-23)17-29-13-11-20(12-14-29)19-7-9-22(26)10-8-19;;/h7,9,15,18-22,24-25,27-28H,3-6,8,10-14,16-17H2,1-2H3;2*1H2/t19?,21?,22?,24?,25-;;/m0../s1. The Morgan fingerprint density at radius 3 is 2.39 bits per heavy atom. The number of likely N-dealkylation sites (tertiary alicyclic amines) is 1. The Morgan fingerprint density at radius 2 is 1.74 bits per heavy atom. The van der Waals surface area contributed by atoms with Crippen molar-refractivity contribution in [1.82, 2.24) is 15.5 Å². The second kappa shape index (κ2) is 12.6. The van der Waals surface area contributed by atoms with E-state index in [-0.39, 0.29) is 16.3 Å². The van der Waals surface area contributed by atoms with Gasteiger partial charge in [-0.2, -0.15) is 0 Å². The minimum Gasteiger partial charge on any atom is -0.412 e.